The number of hydrogen-bond donors (Lipinski definition) is 1. The Balaban J connectivity index is 2.50. The molecule has 0 atom stereocenters. The van der Waals surface area contributed by atoms with Gasteiger partial charge < -0.3 is 14.4 Å². The van der Waals surface area contributed by atoms with E-state index in [2.05, 4.69) is 4.98 Å². The van der Waals surface area contributed by atoms with Crippen LogP contribution in [0.5, 0.6) is 5.88 Å². The monoisotopic (exact) mass is 262 g/mol. The van der Waals surface area contributed by atoms with E-state index in [1.54, 1.807) is 45.3 Å². The van der Waals surface area contributed by atoms with Gasteiger partial charge in [-0.15, -0.1) is 0 Å². The molecule has 19 heavy (non-hydrogen) atoms. The summed E-state index contributed by atoms with van der Waals surface area (Å²) in [6.07, 6.45) is 2.63. The molecule has 0 aliphatic heterocycles. The fourth-order valence-electron chi connectivity index (χ4n) is 1.70. The summed E-state index contributed by atoms with van der Waals surface area (Å²) in [5.41, 5.74) is 0.00434. The lowest BCUT2D eigenvalue weighted by Gasteiger charge is -2.20. The van der Waals surface area contributed by atoms with E-state index in [9.17, 15) is 4.79 Å². The molecule has 0 fully saturated rings. The van der Waals surface area contributed by atoms with Crippen LogP contribution in [0.4, 0.5) is 4.79 Å². The van der Waals surface area contributed by atoms with Gasteiger partial charge in [0.2, 0.25) is 0 Å². The lowest BCUT2D eigenvalue weighted by molar-refractivity contribution is 0.0537. The number of carbonyl (C=O) groups excluding carboxylic acids is 1. The van der Waals surface area contributed by atoms with Crippen LogP contribution < -0.4 is 4.65 Å². The summed E-state index contributed by atoms with van der Waals surface area (Å²) >= 11 is 0. The third-order valence-electron chi connectivity index (χ3n) is 2.36. The Morgan fingerprint density at radius 3 is 2.84 bits per heavy atom. The minimum atomic E-state index is -0.614. The van der Waals surface area contributed by atoms with Gasteiger partial charge >= 0.3 is 13.8 Å². The first-order valence-electron chi connectivity index (χ1n) is 5.85. The fraction of sp³-hybridized carbons (Fsp3) is 0.333. The van der Waals surface area contributed by atoms with Crippen LogP contribution in [0.1, 0.15) is 20.8 Å². The smallest absolute Gasteiger partial charge is 0.505 e. The molecule has 0 aliphatic rings. The second-order valence-corrected chi connectivity index (χ2v) is 5.01. The van der Waals surface area contributed by atoms with E-state index in [0.717, 1.165) is 5.39 Å². The Hall–Kier alpha value is -2.02. The molecule has 7 heteroatoms. The zero-order valence-electron chi connectivity index (χ0n) is 11.1. The van der Waals surface area contributed by atoms with Crippen molar-refractivity contribution in [2.24, 2.45) is 0 Å². The quantitative estimate of drug-likeness (QED) is 0.829. The largest absolute Gasteiger partial charge is 0.526 e. The van der Waals surface area contributed by atoms with Crippen molar-refractivity contribution in [3.05, 3.63) is 24.5 Å². The summed E-state index contributed by atoms with van der Waals surface area (Å²) < 4.78 is 11.6. The highest BCUT2D eigenvalue weighted by atomic mass is 16.6. The van der Waals surface area contributed by atoms with Gasteiger partial charge in [0.25, 0.3) is 0 Å². The molecule has 0 aliphatic carbocycles. The molecule has 0 amide bonds. The molecule has 0 spiro atoms. The average Bonchev–Trinajstić information content (AvgIpc) is 2.65. The van der Waals surface area contributed by atoms with Crippen LogP contribution in [0, 0.1) is 0 Å². The Kier molecular flexibility index (Phi) is 3.48. The maximum Gasteiger partial charge on any atom is 0.505 e. The van der Waals surface area contributed by atoms with Gasteiger partial charge in [0.05, 0.1) is 5.52 Å². The maximum atomic E-state index is 12.2. The predicted octanol–water partition coefficient (Wildman–Crippen LogP) is 1.46. The standard InChI is InChI=1S/C12H15BN2O4/c1-12(2,3)18-11(16)15-9-4-5-14-7-8(9)6-10(15)19-13-17/h4-7,13,17H,1-3H3. The molecule has 0 saturated heterocycles. The van der Waals surface area contributed by atoms with Crippen LogP contribution in [0.2, 0.25) is 0 Å². The van der Waals surface area contributed by atoms with E-state index < -0.39 is 19.4 Å². The van der Waals surface area contributed by atoms with Gasteiger partial charge in [-0.05, 0) is 26.8 Å². The van der Waals surface area contributed by atoms with Crippen molar-refractivity contribution >= 4 is 24.7 Å². The number of carbonyl (C=O) groups is 1. The zero-order chi connectivity index (χ0) is 14.0. The SMILES string of the molecule is CC(C)(C)OC(=O)n1c(OBO)cc2cnccc21. The molecule has 2 heterocycles. The minimum Gasteiger partial charge on any atom is -0.526 e. The Morgan fingerprint density at radius 2 is 2.21 bits per heavy atom. The average molecular weight is 262 g/mol. The third kappa shape index (κ3) is 2.87. The van der Waals surface area contributed by atoms with Gasteiger partial charge in [-0.25, -0.2) is 9.36 Å². The number of fused-ring (bicyclic) bond motifs is 1. The highest BCUT2D eigenvalue weighted by Crippen LogP contribution is 2.25. The molecule has 0 aromatic carbocycles. The van der Waals surface area contributed by atoms with E-state index in [1.807, 2.05) is 0 Å². The minimum absolute atomic E-state index is 0.222. The molecular formula is C12H15BN2O4. The van der Waals surface area contributed by atoms with Crippen LogP contribution in [-0.2, 0) is 4.74 Å². The van der Waals surface area contributed by atoms with Crippen molar-refractivity contribution in [2.45, 2.75) is 26.4 Å². The molecule has 0 unspecified atom stereocenters. The Bertz CT molecular complexity index is 603. The van der Waals surface area contributed by atoms with Gasteiger partial charge in [-0.2, -0.15) is 0 Å². The number of hydrogen-bond acceptors (Lipinski definition) is 5. The predicted molar refractivity (Wildman–Crippen MR) is 71.4 cm³/mol. The molecule has 0 saturated carbocycles. The van der Waals surface area contributed by atoms with Crippen molar-refractivity contribution in [1.82, 2.24) is 9.55 Å². The van der Waals surface area contributed by atoms with Crippen molar-refractivity contribution in [3.8, 4) is 5.88 Å². The maximum absolute atomic E-state index is 12.2. The van der Waals surface area contributed by atoms with E-state index in [4.69, 9.17) is 14.4 Å². The molecular weight excluding hydrogens is 247 g/mol. The lowest BCUT2D eigenvalue weighted by atomic mass is 10.2. The molecule has 2 rings (SSSR count). The molecule has 0 radical (unpaired) electrons. The fourth-order valence-corrected chi connectivity index (χ4v) is 1.70. The van der Waals surface area contributed by atoms with Crippen molar-refractivity contribution in [3.63, 3.8) is 0 Å². The second-order valence-electron chi connectivity index (χ2n) is 5.01. The number of pyridine rings is 1. The van der Waals surface area contributed by atoms with E-state index in [-0.39, 0.29) is 5.88 Å². The number of aromatic nitrogens is 2. The van der Waals surface area contributed by atoms with E-state index in [1.165, 1.54) is 4.57 Å². The van der Waals surface area contributed by atoms with Crippen molar-refractivity contribution < 1.29 is 19.2 Å². The summed E-state index contributed by atoms with van der Waals surface area (Å²) in [4.78, 5) is 16.2. The molecule has 2 aromatic heterocycles. The highest BCUT2D eigenvalue weighted by molar-refractivity contribution is 6.17. The molecule has 0 bridgehead atoms. The molecule has 100 valence electrons. The van der Waals surface area contributed by atoms with Gasteiger partial charge in [0.15, 0.2) is 5.88 Å². The van der Waals surface area contributed by atoms with Crippen LogP contribution in [0.3, 0.4) is 0 Å². The zero-order valence-corrected chi connectivity index (χ0v) is 11.1. The molecule has 1 N–H and O–H groups in total. The van der Waals surface area contributed by atoms with E-state index >= 15 is 0 Å². The topological polar surface area (TPSA) is 73.6 Å². The third-order valence-corrected chi connectivity index (χ3v) is 2.36. The van der Waals surface area contributed by atoms with Crippen LogP contribution in [-0.4, -0.2) is 34.0 Å². The summed E-state index contributed by atoms with van der Waals surface area (Å²) in [5, 5.41) is 9.61. The first-order valence-corrected chi connectivity index (χ1v) is 5.85. The number of rotatable bonds is 2. The van der Waals surface area contributed by atoms with Crippen LogP contribution in [0.25, 0.3) is 10.9 Å². The second kappa shape index (κ2) is 4.93. The highest BCUT2D eigenvalue weighted by Gasteiger charge is 2.22. The van der Waals surface area contributed by atoms with Crippen LogP contribution >= 0.6 is 0 Å². The van der Waals surface area contributed by atoms with E-state index in [0.29, 0.717) is 5.52 Å². The van der Waals surface area contributed by atoms with Crippen LogP contribution in [0.15, 0.2) is 24.5 Å². The van der Waals surface area contributed by atoms with Gasteiger partial charge in [0.1, 0.15) is 5.60 Å². The number of ether oxygens (including phenoxy) is 1. The summed E-state index contributed by atoms with van der Waals surface area (Å²) in [6, 6.07) is 3.31. The summed E-state index contributed by atoms with van der Waals surface area (Å²) in [6.45, 7) is 5.35. The first-order chi connectivity index (χ1) is 8.92. The lowest BCUT2D eigenvalue weighted by Crippen LogP contribution is -2.27. The van der Waals surface area contributed by atoms with Gasteiger partial charge in [0, 0.05) is 23.8 Å². The first kappa shape index (κ1) is 13.4. The van der Waals surface area contributed by atoms with Crippen molar-refractivity contribution in [2.75, 3.05) is 0 Å². The van der Waals surface area contributed by atoms with Gasteiger partial charge in [-0.1, -0.05) is 0 Å². The van der Waals surface area contributed by atoms with Gasteiger partial charge in [-0.3, -0.25) is 4.98 Å². The number of nitrogens with zero attached hydrogens (tertiary/aromatic N) is 2. The Morgan fingerprint density at radius 1 is 1.47 bits per heavy atom. The van der Waals surface area contributed by atoms with Crippen molar-refractivity contribution in [1.29, 1.82) is 0 Å². The summed E-state index contributed by atoms with van der Waals surface area (Å²) in [7, 11) is -0.521. The normalized spacial score (nSPS) is 11.4. The molecule has 2 aromatic rings. The summed E-state index contributed by atoms with van der Waals surface area (Å²) in [5.74, 6) is 0.222. The Labute approximate surface area is 111 Å². The molecule has 6 nitrogen and oxygen atoms in total.